The predicted molar refractivity (Wildman–Crippen MR) is 87.3 cm³/mol. The minimum Gasteiger partial charge on any atom is -0.480 e. The Hall–Kier alpha value is -0.810. The van der Waals surface area contributed by atoms with E-state index in [1.54, 1.807) is 0 Å². The largest absolute Gasteiger partial charge is 0.480 e. The average Bonchev–Trinajstić information content (AvgIpc) is 2.41. The molecule has 0 spiro atoms. The zero-order valence-corrected chi connectivity index (χ0v) is 13.7. The lowest BCUT2D eigenvalue weighted by Crippen LogP contribution is -2.44. The molecule has 1 aliphatic rings. The Labute approximate surface area is 137 Å². The smallest absolute Gasteiger partial charge is 0.317 e. The Kier molecular flexibility index (Phi) is 7.46. The number of likely N-dealkylation sites (N-methyl/N-ethyl adjacent to an activating group) is 1. The highest BCUT2D eigenvalue weighted by molar-refractivity contribution is 6.30. The topological polar surface area (TPSA) is 43.8 Å². The lowest BCUT2D eigenvalue weighted by molar-refractivity contribution is -0.138. The zero-order chi connectivity index (χ0) is 14.5. The molecule has 1 fully saturated rings. The first kappa shape index (κ1) is 18.2. The molecule has 2 rings (SSSR count). The van der Waals surface area contributed by atoms with Crippen LogP contribution in [0.25, 0.3) is 0 Å². The first-order chi connectivity index (χ1) is 9.54. The molecule has 1 saturated heterocycles. The molecule has 0 atom stereocenters. The number of carbonyl (C=O) groups is 1. The summed E-state index contributed by atoms with van der Waals surface area (Å²) in [6, 6.07) is 8.34. The molecule has 0 aromatic heterocycles. The maximum absolute atomic E-state index is 10.7. The van der Waals surface area contributed by atoms with Crippen molar-refractivity contribution in [2.75, 3.05) is 26.7 Å². The number of piperidine rings is 1. The van der Waals surface area contributed by atoms with E-state index in [1.165, 1.54) is 5.56 Å². The van der Waals surface area contributed by atoms with Crippen LogP contribution in [0.4, 0.5) is 0 Å². The Morgan fingerprint density at radius 2 is 1.90 bits per heavy atom. The number of benzene rings is 1. The van der Waals surface area contributed by atoms with Crippen molar-refractivity contribution in [3.05, 3.63) is 34.9 Å². The summed E-state index contributed by atoms with van der Waals surface area (Å²) in [5.41, 5.74) is 1.27. The van der Waals surface area contributed by atoms with Crippen LogP contribution in [0.5, 0.6) is 0 Å². The first-order valence-electron chi connectivity index (χ1n) is 6.93. The summed E-state index contributed by atoms with van der Waals surface area (Å²) in [5.74, 6) is -0.754. The first-order valence-corrected chi connectivity index (χ1v) is 7.31. The van der Waals surface area contributed by atoms with Crippen LogP contribution in [-0.4, -0.2) is 53.6 Å². The fraction of sp³-hybridized carbons (Fsp3) is 0.533. The molecule has 1 N–H and O–H groups in total. The normalized spacial score (nSPS) is 16.7. The highest BCUT2D eigenvalue weighted by Crippen LogP contribution is 2.18. The molecule has 0 amide bonds. The van der Waals surface area contributed by atoms with Crippen LogP contribution in [0.3, 0.4) is 0 Å². The third-order valence-corrected chi connectivity index (χ3v) is 4.14. The summed E-state index contributed by atoms with van der Waals surface area (Å²) in [5, 5.41) is 9.59. The summed E-state index contributed by atoms with van der Waals surface area (Å²) < 4.78 is 0. The monoisotopic (exact) mass is 332 g/mol. The molecule has 1 heterocycles. The molecule has 6 heteroatoms. The quantitative estimate of drug-likeness (QED) is 0.900. The summed E-state index contributed by atoms with van der Waals surface area (Å²) in [6.07, 6.45) is 2.05. The molecule has 1 aromatic carbocycles. The van der Waals surface area contributed by atoms with Crippen LogP contribution in [0.2, 0.25) is 5.02 Å². The number of rotatable bonds is 5. The third-order valence-electron chi connectivity index (χ3n) is 3.88. The van der Waals surface area contributed by atoms with Crippen LogP contribution in [-0.2, 0) is 11.3 Å². The Bertz CT molecular complexity index is 445. The number of likely N-dealkylation sites (tertiary alicyclic amines) is 1. The van der Waals surface area contributed by atoms with E-state index in [1.807, 2.05) is 24.1 Å². The fourth-order valence-corrected chi connectivity index (χ4v) is 2.83. The summed E-state index contributed by atoms with van der Waals surface area (Å²) in [6.45, 7) is 3.09. The third kappa shape index (κ3) is 5.83. The maximum Gasteiger partial charge on any atom is 0.317 e. The van der Waals surface area contributed by atoms with Gasteiger partial charge < -0.3 is 5.11 Å². The average molecular weight is 333 g/mol. The second-order valence-electron chi connectivity index (χ2n) is 5.44. The van der Waals surface area contributed by atoms with Crippen molar-refractivity contribution < 1.29 is 9.90 Å². The Morgan fingerprint density at radius 1 is 1.33 bits per heavy atom. The lowest BCUT2D eigenvalue weighted by atomic mass is 10.0. The molecule has 118 valence electrons. The van der Waals surface area contributed by atoms with Crippen LogP contribution in [0.1, 0.15) is 18.4 Å². The van der Waals surface area contributed by atoms with E-state index in [-0.39, 0.29) is 19.0 Å². The molecule has 0 saturated carbocycles. The highest BCUT2D eigenvalue weighted by Gasteiger charge is 2.23. The van der Waals surface area contributed by atoms with Crippen molar-refractivity contribution >= 4 is 30.0 Å². The number of halogens is 2. The van der Waals surface area contributed by atoms with Crippen LogP contribution >= 0.6 is 24.0 Å². The van der Waals surface area contributed by atoms with Crippen molar-refractivity contribution in [1.29, 1.82) is 0 Å². The van der Waals surface area contributed by atoms with Gasteiger partial charge >= 0.3 is 5.97 Å². The minimum atomic E-state index is -0.754. The predicted octanol–water partition coefficient (Wildman–Crippen LogP) is 2.74. The Morgan fingerprint density at radius 3 is 2.43 bits per heavy atom. The second kappa shape index (κ2) is 8.59. The van der Waals surface area contributed by atoms with E-state index < -0.39 is 5.97 Å². The van der Waals surface area contributed by atoms with Gasteiger partial charge in [-0.05, 0) is 50.7 Å². The van der Waals surface area contributed by atoms with Gasteiger partial charge in [0.2, 0.25) is 0 Å². The molecular formula is C15H22Cl2N2O2. The summed E-state index contributed by atoms with van der Waals surface area (Å²) in [4.78, 5) is 15.1. The molecular weight excluding hydrogens is 311 g/mol. The standard InChI is InChI=1S/C15H21ClN2O2.ClH/c1-17(11-15(19)20)14-6-8-18(9-7-14)10-12-2-4-13(16)5-3-12;/h2-5,14H,6-11H2,1H3,(H,19,20);1H. The van der Waals surface area contributed by atoms with Gasteiger partial charge in [-0.25, -0.2) is 0 Å². The van der Waals surface area contributed by atoms with Gasteiger partial charge in [0.25, 0.3) is 0 Å². The Balaban J connectivity index is 0.00000220. The van der Waals surface area contributed by atoms with Crippen LogP contribution in [0.15, 0.2) is 24.3 Å². The number of aliphatic carboxylic acids is 1. The highest BCUT2D eigenvalue weighted by atomic mass is 35.5. The van der Waals surface area contributed by atoms with E-state index in [2.05, 4.69) is 17.0 Å². The van der Waals surface area contributed by atoms with Crippen LogP contribution in [0, 0.1) is 0 Å². The van der Waals surface area contributed by atoms with Gasteiger partial charge in [-0.3, -0.25) is 14.6 Å². The van der Waals surface area contributed by atoms with Gasteiger partial charge in [0.15, 0.2) is 0 Å². The van der Waals surface area contributed by atoms with Crippen molar-refractivity contribution in [1.82, 2.24) is 9.80 Å². The maximum atomic E-state index is 10.7. The second-order valence-corrected chi connectivity index (χ2v) is 5.88. The summed E-state index contributed by atoms with van der Waals surface area (Å²) in [7, 11) is 1.90. The van der Waals surface area contributed by atoms with E-state index in [4.69, 9.17) is 16.7 Å². The van der Waals surface area contributed by atoms with Gasteiger partial charge in [-0.15, -0.1) is 12.4 Å². The van der Waals surface area contributed by atoms with Gasteiger partial charge in [-0.1, -0.05) is 23.7 Å². The van der Waals surface area contributed by atoms with E-state index in [0.717, 1.165) is 37.5 Å². The molecule has 0 unspecified atom stereocenters. The van der Waals surface area contributed by atoms with Crippen molar-refractivity contribution in [2.45, 2.75) is 25.4 Å². The number of carboxylic acids is 1. The molecule has 1 aliphatic heterocycles. The van der Waals surface area contributed by atoms with E-state index in [9.17, 15) is 4.79 Å². The molecule has 4 nitrogen and oxygen atoms in total. The number of hydrogen-bond donors (Lipinski definition) is 1. The molecule has 21 heavy (non-hydrogen) atoms. The number of hydrogen-bond acceptors (Lipinski definition) is 3. The molecule has 0 bridgehead atoms. The fourth-order valence-electron chi connectivity index (χ4n) is 2.71. The number of nitrogens with zero attached hydrogens (tertiary/aromatic N) is 2. The lowest BCUT2D eigenvalue weighted by Gasteiger charge is -2.36. The number of carboxylic acid groups (broad SMARTS) is 1. The van der Waals surface area contributed by atoms with E-state index in [0.29, 0.717) is 6.04 Å². The zero-order valence-electron chi connectivity index (χ0n) is 12.2. The molecule has 1 aromatic rings. The van der Waals surface area contributed by atoms with Gasteiger partial charge in [0.1, 0.15) is 0 Å². The van der Waals surface area contributed by atoms with Gasteiger partial charge in [0, 0.05) is 17.6 Å². The van der Waals surface area contributed by atoms with Crippen molar-refractivity contribution in [3.63, 3.8) is 0 Å². The van der Waals surface area contributed by atoms with Crippen molar-refractivity contribution in [2.24, 2.45) is 0 Å². The van der Waals surface area contributed by atoms with E-state index >= 15 is 0 Å². The van der Waals surface area contributed by atoms with Gasteiger partial charge in [0.05, 0.1) is 6.54 Å². The van der Waals surface area contributed by atoms with Gasteiger partial charge in [-0.2, -0.15) is 0 Å². The SMILES string of the molecule is CN(CC(=O)O)C1CCN(Cc2ccc(Cl)cc2)CC1.Cl. The van der Waals surface area contributed by atoms with Crippen LogP contribution < -0.4 is 0 Å². The minimum absolute atomic E-state index is 0. The molecule has 0 radical (unpaired) electrons. The van der Waals surface area contributed by atoms with Crippen molar-refractivity contribution in [3.8, 4) is 0 Å². The molecule has 0 aliphatic carbocycles. The summed E-state index contributed by atoms with van der Waals surface area (Å²) >= 11 is 5.88.